The topological polar surface area (TPSA) is 316 Å². The number of likely N-dealkylation sites (N-methyl/N-ethyl adjacent to an activating group) is 7. The second-order valence-electron chi connectivity index (χ2n) is 23.0. The maximum Gasteiger partial charge on any atom is 0.381 e. The van der Waals surface area contributed by atoms with E-state index in [0.29, 0.717) is 6.42 Å². The van der Waals surface area contributed by atoms with E-state index in [1.165, 1.54) is 71.0 Å². The molecule has 80 heavy (non-hydrogen) atoms. The van der Waals surface area contributed by atoms with Crippen molar-refractivity contribution in [2.75, 3.05) is 75.5 Å². The lowest BCUT2D eigenvalue weighted by Crippen LogP contribution is -2.58. The molecule has 0 aliphatic carbocycles. The van der Waals surface area contributed by atoms with Crippen molar-refractivity contribution >= 4 is 65.0 Å². The zero-order chi connectivity index (χ0) is 62.2. The van der Waals surface area contributed by atoms with Crippen molar-refractivity contribution in [3.8, 4) is 11.8 Å². The number of nitrogens with one attached hydrogen (secondary N) is 3. The molecule has 0 aromatic heterocycles. The fraction of sp³-hybridized carbons (Fsp3) is 0.764. The minimum Gasteiger partial charge on any atom is -0.472 e. The van der Waals surface area contributed by atoms with Gasteiger partial charge in [-0.2, -0.15) is 0 Å². The maximum absolute atomic E-state index is 14.4. The zero-order valence-electron chi connectivity index (χ0n) is 50.9. The van der Waals surface area contributed by atoms with E-state index in [-0.39, 0.29) is 68.4 Å². The SMILES string of the molecule is CC(C)CC[C@H](C(=O)N(C)CC(=O)N(C)C(C[C@@H](C)CC(O)C#CC(=O)O)C(=O)NCC(=O)N(C)CC(=O)N(C)[C@H](CC(C)C)C(=O)N[C@@H](C(=O)N(C)CC(=O)NC(C)C)C(C)C)N(C)C(=O)[C@@H](CC(C)C)N(C)C(=O)[C@@H](C)N=O. The number of aliphatic hydroxyl groups is 1. The van der Waals surface area contributed by atoms with E-state index in [9.17, 15) is 62.8 Å². The molecule has 0 rings (SSSR count). The predicted octanol–water partition coefficient (Wildman–Crippen LogP) is 1.000. The van der Waals surface area contributed by atoms with Crippen molar-refractivity contribution in [3.63, 3.8) is 0 Å². The van der Waals surface area contributed by atoms with Crippen LogP contribution >= 0.6 is 0 Å². The third-order valence-corrected chi connectivity index (χ3v) is 13.4. The van der Waals surface area contributed by atoms with E-state index in [0.717, 1.165) is 19.6 Å². The van der Waals surface area contributed by atoms with Crippen LogP contribution in [0.3, 0.4) is 0 Å². The third kappa shape index (κ3) is 25.2. The van der Waals surface area contributed by atoms with Gasteiger partial charge in [-0.05, 0) is 88.9 Å². The summed E-state index contributed by atoms with van der Waals surface area (Å²) in [5.41, 5.74) is 0. The molecule has 454 valence electrons. The van der Waals surface area contributed by atoms with Crippen molar-refractivity contribution in [2.24, 2.45) is 34.8 Å². The molecule has 5 N–H and O–H groups in total. The van der Waals surface area contributed by atoms with Gasteiger partial charge in [-0.15, -0.1) is 4.91 Å². The van der Waals surface area contributed by atoms with Crippen LogP contribution in [0.15, 0.2) is 5.18 Å². The number of carboxylic acid groups (broad SMARTS) is 1. The van der Waals surface area contributed by atoms with Gasteiger partial charge >= 0.3 is 5.97 Å². The smallest absolute Gasteiger partial charge is 0.381 e. The number of carboxylic acids is 1. The van der Waals surface area contributed by atoms with Gasteiger partial charge in [0.2, 0.25) is 53.2 Å². The maximum atomic E-state index is 14.4. The number of nitroso groups, excluding NO2 is 1. The second kappa shape index (κ2) is 35.1. The van der Waals surface area contributed by atoms with E-state index in [2.05, 4.69) is 27.0 Å². The second-order valence-corrected chi connectivity index (χ2v) is 23.0. The monoisotopic (exact) mass is 1130 g/mol. The molecule has 2 unspecified atom stereocenters. The van der Waals surface area contributed by atoms with Gasteiger partial charge in [-0.3, -0.25) is 47.9 Å². The Morgan fingerprint density at radius 3 is 1.46 bits per heavy atom. The highest BCUT2D eigenvalue weighted by molar-refractivity contribution is 5.97. The van der Waals surface area contributed by atoms with Crippen LogP contribution in [0.5, 0.6) is 0 Å². The van der Waals surface area contributed by atoms with E-state index >= 15 is 0 Å². The van der Waals surface area contributed by atoms with E-state index in [1.807, 2.05) is 47.5 Å². The highest BCUT2D eigenvalue weighted by Gasteiger charge is 2.39. The van der Waals surface area contributed by atoms with Crippen molar-refractivity contribution in [2.45, 2.75) is 170 Å². The Hall–Kier alpha value is -6.71. The summed E-state index contributed by atoms with van der Waals surface area (Å²) in [7, 11) is 9.64. The van der Waals surface area contributed by atoms with Crippen LogP contribution < -0.4 is 16.0 Å². The van der Waals surface area contributed by atoms with Crippen LogP contribution in [-0.4, -0.2) is 233 Å². The predicted molar refractivity (Wildman–Crippen MR) is 300 cm³/mol. The highest BCUT2D eigenvalue weighted by atomic mass is 16.4. The zero-order valence-corrected chi connectivity index (χ0v) is 50.9. The molecule has 0 heterocycles. The minimum atomic E-state index is -1.47. The Labute approximate surface area is 473 Å². The molecule has 0 bridgehead atoms. The van der Waals surface area contributed by atoms with Crippen LogP contribution in [-0.2, 0) is 52.7 Å². The molecule has 8 atom stereocenters. The molecule has 0 aromatic carbocycles. The lowest BCUT2D eigenvalue weighted by atomic mass is 9.94. The van der Waals surface area contributed by atoms with Crippen molar-refractivity contribution < 1.29 is 63.0 Å². The van der Waals surface area contributed by atoms with E-state index < -0.39 is 133 Å². The van der Waals surface area contributed by atoms with Gasteiger partial charge in [-0.1, -0.05) is 73.4 Å². The van der Waals surface area contributed by atoms with E-state index in [4.69, 9.17) is 5.11 Å². The first-order chi connectivity index (χ1) is 36.9. The molecule has 0 aliphatic heterocycles. The highest BCUT2D eigenvalue weighted by Crippen LogP contribution is 2.22. The minimum absolute atomic E-state index is 0.0814. The van der Waals surface area contributed by atoms with Crippen molar-refractivity contribution in [1.29, 1.82) is 0 Å². The van der Waals surface area contributed by atoms with Gasteiger partial charge < -0.3 is 60.5 Å². The van der Waals surface area contributed by atoms with Gasteiger partial charge in [0.1, 0.15) is 36.3 Å². The molecule has 10 amide bonds. The summed E-state index contributed by atoms with van der Waals surface area (Å²) in [6.45, 7) is 19.2. The summed E-state index contributed by atoms with van der Waals surface area (Å²) in [6.07, 6.45) is -0.632. The molecular weight excluding hydrogens is 1040 g/mol. The largest absolute Gasteiger partial charge is 0.472 e. The molecular formula is C55H95N11O14. The lowest BCUT2D eigenvalue weighted by Gasteiger charge is -2.37. The Morgan fingerprint density at radius 2 is 0.988 bits per heavy atom. The van der Waals surface area contributed by atoms with Crippen LogP contribution in [0.1, 0.15) is 122 Å². The molecule has 0 spiro atoms. The molecule has 0 saturated carbocycles. The molecule has 0 fully saturated rings. The number of carbonyl (C=O) groups excluding carboxylic acids is 10. The standard InChI is InChI=1S/C55H95N11O14/c1-32(2)20-22-40(65(18)54(78)43(25-34(5)6)66(19)52(76)38(12)59-80)53(77)62(15)31-47(71)64(17)42(27-37(11)26-39(67)21-23-48(72)73)50(74)56-28-45(69)60(13)30-46(70)63(16)41(24-33(3)4)51(75)58-49(35(7)8)55(79)61(14)29-44(68)57-36(9)10/h32-43,49,67H,20,22,24-31H2,1-19H3,(H,56,74)(H,57,68)(H,58,75)(H,72,73)/t37-,38+,39?,40+,41+,42?,43+,49+/m0/s1. The Morgan fingerprint density at radius 1 is 0.500 bits per heavy atom. The Bertz CT molecular complexity index is 2210. The molecule has 0 aliphatic rings. The first-order valence-electron chi connectivity index (χ1n) is 27.3. The molecule has 0 saturated heterocycles. The Kier molecular flexibility index (Phi) is 32.2. The first-order valence-corrected chi connectivity index (χ1v) is 27.3. The third-order valence-electron chi connectivity index (χ3n) is 13.4. The van der Waals surface area contributed by atoms with Crippen LogP contribution in [0, 0.1) is 46.3 Å². The average molecular weight is 1130 g/mol. The summed E-state index contributed by atoms with van der Waals surface area (Å²) in [6, 6.07) is -7.05. The van der Waals surface area contributed by atoms with Gasteiger partial charge in [0.25, 0.3) is 5.91 Å². The number of nitrogens with zero attached hydrogens (tertiary/aromatic N) is 8. The van der Waals surface area contributed by atoms with Crippen LogP contribution in [0.25, 0.3) is 0 Å². The molecule has 25 nitrogen and oxygen atoms in total. The van der Waals surface area contributed by atoms with Gasteiger partial charge in [0.05, 0.1) is 26.2 Å². The quantitative estimate of drug-likeness (QED) is 0.0453. The fourth-order valence-electron chi connectivity index (χ4n) is 8.59. The summed E-state index contributed by atoms with van der Waals surface area (Å²) in [4.78, 5) is 168. The normalized spacial score (nSPS) is 14.2. The number of hydrogen-bond donors (Lipinski definition) is 5. The summed E-state index contributed by atoms with van der Waals surface area (Å²) in [5.74, 6) is -4.84. The number of carbonyl (C=O) groups is 11. The number of amides is 10. The number of rotatable bonds is 33. The number of aliphatic hydroxyl groups excluding tert-OH is 1. The summed E-state index contributed by atoms with van der Waals surface area (Å²) < 4.78 is 0. The van der Waals surface area contributed by atoms with Gasteiger partial charge in [0.15, 0.2) is 6.04 Å². The Balaban J connectivity index is 6.65. The molecule has 25 heteroatoms. The summed E-state index contributed by atoms with van der Waals surface area (Å²) >= 11 is 0. The van der Waals surface area contributed by atoms with Crippen molar-refractivity contribution in [3.05, 3.63) is 4.91 Å². The number of hydrogen-bond acceptors (Lipinski definition) is 14. The molecule has 0 aromatic rings. The average Bonchev–Trinajstić information content (AvgIpc) is 3.36. The van der Waals surface area contributed by atoms with Gasteiger partial charge in [-0.25, -0.2) is 4.79 Å². The van der Waals surface area contributed by atoms with Crippen LogP contribution in [0.4, 0.5) is 0 Å². The fourth-order valence-corrected chi connectivity index (χ4v) is 8.59. The summed E-state index contributed by atoms with van der Waals surface area (Å²) in [5, 5.41) is 30.3. The van der Waals surface area contributed by atoms with E-state index in [1.54, 1.807) is 34.6 Å². The van der Waals surface area contributed by atoms with Crippen LogP contribution in [0.2, 0.25) is 0 Å². The van der Waals surface area contributed by atoms with Crippen molar-refractivity contribution in [1.82, 2.24) is 50.2 Å². The van der Waals surface area contributed by atoms with Gasteiger partial charge in [0, 0.05) is 61.3 Å². The first kappa shape index (κ1) is 73.3. The number of aliphatic carboxylic acids is 1. The lowest BCUT2D eigenvalue weighted by molar-refractivity contribution is -0.152. The molecule has 0 radical (unpaired) electrons.